The molecule has 4 rings (SSSR count). The number of allylic oxidation sites excluding steroid dienone is 1. The summed E-state index contributed by atoms with van der Waals surface area (Å²) in [5.41, 5.74) is 3.58. The highest BCUT2D eigenvalue weighted by molar-refractivity contribution is 5.88. The predicted octanol–water partition coefficient (Wildman–Crippen LogP) is 6.12. The molecule has 0 spiro atoms. The number of hydrogen-bond acceptors (Lipinski definition) is 2. The van der Waals surface area contributed by atoms with Crippen LogP contribution >= 0.6 is 0 Å². The Morgan fingerprint density at radius 1 is 1.14 bits per heavy atom. The van der Waals surface area contributed by atoms with E-state index in [9.17, 15) is 4.39 Å². The van der Waals surface area contributed by atoms with Gasteiger partial charge >= 0.3 is 0 Å². The first-order valence-electron chi connectivity index (χ1n) is 9.82. The van der Waals surface area contributed by atoms with Gasteiger partial charge in [0.05, 0.1) is 11.2 Å². The van der Waals surface area contributed by atoms with Crippen LogP contribution in [0.3, 0.4) is 0 Å². The van der Waals surface area contributed by atoms with Crippen molar-refractivity contribution in [2.24, 2.45) is 5.92 Å². The van der Waals surface area contributed by atoms with Crippen molar-refractivity contribution in [1.82, 2.24) is 9.97 Å². The lowest BCUT2D eigenvalue weighted by atomic mass is 9.79. The fraction of sp³-hybridized carbons (Fsp3) is 0.375. The van der Waals surface area contributed by atoms with Crippen LogP contribution in [0.15, 0.2) is 55.0 Å². The van der Waals surface area contributed by atoms with Gasteiger partial charge in [-0.15, -0.1) is 0 Å². The number of H-pyrrole nitrogens is 1. The highest BCUT2D eigenvalue weighted by Gasteiger charge is 2.38. The van der Waals surface area contributed by atoms with E-state index in [0.717, 1.165) is 35.1 Å². The van der Waals surface area contributed by atoms with Crippen molar-refractivity contribution in [2.75, 3.05) is 0 Å². The Morgan fingerprint density at radius 3 is 2.57 bits per heavy atom. The molecule has 0 radical (unpaired) electrons. The Morgan fingerprint density at radius 2 is 1.89 bits per heavy atom. The van der Waals surface area contributed by atoms with Gasteiger partial charge in [0, 0.05) is 35.1 Å². The summed E-state index contributed by atoms with van der Waals surface area (Å²) in [6.45, 7) is 8.61. The van der Waals surface area contributed by atoms with Gasteiger partial charge in [0.25, 0.3) is 0 Å². The molecular formula is C24H27FN2O. The van der Waals surface area contributed by atoms with Gasteiger partial charge in [-0.3, -0.25) is 4.98 Å². The second-order valence-corrected chi connectivity index (χ2v) is 9.01. The van der Waals surface area contributed by atoms with Gasteiger partial charge < -0.3 is 9.72 Å². The molecule has 0 amide bonds. The van der Waals surface area contributed by atoms with E-state index in [1.807, 2.05) is 30.5 Å². The van der Waals surface area contributed by atoms with Crippen molar-refractivity contribution in [3.8, 4) is 0 Å². The molecule has 0 saturated carbocycles. The number of aromatic nitrogens is 2. The lowest BCUT2D eigenvalue weighted by molar-refractivity contribution is -0.166. The highest BCUT2D eigenvalue weighted by Crippen LogP contribution is 2.41. The Balaban J connectivity index is 1.81. The Kier molecular flexibility index (Phi) is 4.62. The molecule has 3 nitrogen and oxygen atoms in total. The van der Waals surface area contributed by atoms with Gasteiger partial charge in [-0.25, -0.2) is 4.39 Å². The summed E-state index contributed by atoms with van der Waals surface area (Å²) in [5.74, 6) is 0.136. The summed E-state index contributed by atoms with van der Waals surface area (Å²) < 4.78 is 20.4. The average Bonchev–Trinajstić information content (AvgIpc) is 2.98. The molecule has 0 unspecified atom stereocenters. The molecule has 0 atom stereocenters. The number of ether oxygens (including phenoxy) is 1. The fourth-order valence-electron chi connectivity index (χ4n) is 4.66. The van der Waals surface area contributed by atoms with Crippen molar-refractivity contribution in [2.45, 2.75) is 51.7 Å². The van der Waals surface area contributed by atoms with E-state index in [1.165, 1.54) is 6.20 Å². The summed E-state index contributed by atoms with van der Waals surface area (Å²) in [5, 5.41) is 0.611. The molecule has 0 bridgehead atoms. The molecule has 2 aromatic heterocycles. The van der Waals surface area contributed by atoms with Crippen molar-refractivity contribution < 1.29 is 9.13 Å². The first-order valence-corrected chi connectivity index (χ1v) is 9.82. The van der Waals surface area contributed by atoms with Crippen LogP contribution in [-0.4, -0.2) is 21.2 Å². The van der Waals surface area contributed by atoms with Gasteiger partial charge in [-0.1, -0.05) is 18.2 Å². The molecule has 1 aliphatic rings. The lowest BCUT2D eigenvalue weighted by Gasteiger charge is -2.45. The molecule has 4 heteroatoms. The van der Waals surface area contributed by atoms with Crippen LogP contribution in [0.25, 0.3) is 16.5 Å². The van der Waals surface area contributed by atoms with Crippen LogP contribution in [0.2, 0.25) is 0 Å². The van der Waals surface area contributed by atoms with E-state index >= 15 is 0 Å². The van der Waals surface area contributed by atoms with Crippen molar-refractivity contribution in [3.63, 3.8) is 0 Å². The van der Waals surface area contributed by atoms with Gasteiger partial charge in [-0.05, 0) is 75.8 Å². The maximum Gasteiger partial charge on any atom is 0.148 e. The van der Waals surface area contributed by atoms with Gasteiger partial charge in [0.15, 0.2) is 0 Å². The first-order chi connectivity index (χ1) is 13.2. The maximum absolute atomic E-state index is 14.2. The first kappa shape index (κ1) is 18.9. The molecule has 1 fully saturated rings. The zero-order valence-electron chi connectivity index (χ0n) is 16.9. The topological polar surface area (TPSA) is 37.9 Å². The standard InChI is InChI=1S/C24H27FN2O/c1-23(2)12-16(13-24(3,4)28-23)10-19(18-6-5-9-26-14-18)17-7-8-22-20(11-17)21(25)15-27-22/h5-11,14-16,27H,12-13H2,1-4H3. The summed E-state index contributed by atoms with van der Waals surface area (Å²) in [6.07, 6.45) is 9.28. The average molecular weight is 378 g/mol. The fourth-order valence-corrected chi connectivity index (χ4v) is 4.66. The summed E-state index contributed by atoms with van der Waals surface area (Å²) in [4.78, 5) is 7.28. The molecule has 1 aromatic carbocycles. The number of fused-ring (bicyclic) bond motifs is 1. The van der Waals surface area contributed by atoms with E-state index in [1.54, 1.807) is 6.20 Å². The van der Waals surface area contributed by atoms with Gasteiger partial charge in [0.2, 0.25) is 0 Å². The van der Waals surface area contributed by atoms with Crippen LogP contribution in [0.5, 0.6) is 0 Å². The van der Waals surface area contributed by atoms with E-state index < -0.39 is 0 Å². The van der Waals surface area contributed by atoms with Crippen LogP contribution < -0.4 is 0 Å². The van der Waals surface area contributed by atoms with E-state index in [0.29, 0.717) is 11.3 Å². The zero-order valence-corrected chi connectivity index (χ0v) is 16.9. The van der Waals surface area contributed by atoms with Crippen LogP contribution in [0.1, 0.15) is 51.7 Å². The summed E-state index contributed by atoms with van der Waals surface area (Å²) >= 11 is 0. The predicted molar refractivity (Wildman–Crippen MR) is 112 cm³/mol. The number of aromatic amines is 1. The molecule has 146 valence electrons. The third-order valence-electron chi connectivity index (χ3n) is 5.38. The Hall–Kier alpha value is -2.46. The summed E-state index contributed by atoms with van der Waals surface area (Å²) in [6, 6.07) is 9.92. The Bertz CT molecular complexity index is 1000. The van der Waals surface area contributed by atoms with Gasteiger partial charge in [-0.2, -0.15) is 0 Å². The van der Waals surface area contributed by atoms with Crippen LogP contribution in [0, 0.1) is 11.7 Å². The molecule has 3 heterocycles. The zero-order chi connectivity index (χ0) is 19.9. The number of nitrogens with zero attached hydrogens (tertiary/aromatic N) is 1. The van der Waals surface area contributed by atoms with Crippen molar-refractivity contribution >= 4 is 16.5 Å². The number of hydrogen-bond donors (Lipinski definition) is 1. The minimum Gasteiger partial charge on any atom is -0.370 e. The Labute approximate surface area is 165 Å². The van der Waals surface area contributed by atoms with Gasteiger partial charge in [0.1, 0.15) is 5.82 Å². The molecule has 1 N–H and O–H groups in total. The smallest absolute Gasteiger partial charge is 0.148 e. The third-order valence-corrected chi connectivity index (χ3v) is 5.38. The molecule has 28 heavy (non-hydrogen) atoms. The van der Waals surface area contributed by atoms with E-state index in [-0.39, 0.29) is 17.0 Å². The number of nitrogens with one attached hydrogen (secondary N) is 1. The van der Waals surface area contributed by atoms with Crippen LogP contribution in [-0.2, 0) is 4.74 Å². The van der Waals surface area contributed by atoms with Crippen LogP contribution in [0.4, 0.5) is 4.39 Å². The molecule has 3 aromatic rings. The molecule has 0 aliphatic carbocycles. The highest BCUT2D eigenvalue weighted by atomic mass is 19.1. The third kappa shape index (κ3) is 3.88. The maximum atomic E-state index is 14.2. The largest absolute Gasteiger partial charge is 0.370 e. The minimum atomic E-state index is -0.226. The second-order valence-electron chi connectivity index (χ2n) is 9.01. The molecular weight excluding hydrogens is 351 g/mol. The summed E-state index contributed by atoms with van der Waals surface area (Å²) in [7, 11) is 0. The van der Waals surface area contributed by atoms with Crippen molar-refractivity contribution in [1.29, 1.82) is 0 Å². The SMILES string of the molecule is CC1(C)CC(C=C(c2cccnc2)c2ccc3[nH]cc(F)c3c2)CC(C)(C)O1. The van der Waals surface area contributed by atoms with E-state index in [2.05, 4.69) is 49.8 Å². The number of pyridine rings is 1. The number of halogens is 1. The monoisotopic (exact) mass is 378 g/mol. The molecule has 1 saturated heterocycles. The quantitative estimate of drug-likeness (QED) is 0.596. The number of benzene rings is 1. The second kappa shape index (κ2) is 6.85. The van der Waals surface area contributed by atoms with E-state index in [4.69, 9.17) is 4.74 Å². The normalized spacial score (nSPS) is 19.8. The lowest BCUT2D eigenvalue weighted by Crippen LogP contribution is -2.44. The molecule has 1 aliphatic heterocycles. The minimum absolute atomic E-state index is 0.181. The van der Waals surface area contributed by atoms with Crippen molar-refractivity contribution in [3.05, 3.63) is 71.9 Å². The number of rotatable bonds is 3.